The molecule has 0 aliphatic rings. The van der Waals surface area contributed by atoms with E-state index >= 15 is 0 Å². The van der Waals surface area contributed by atoms with Gasteiger partial charge in [0.25, 0.3) is 5.91 Å². The van der Waals surface area contributed by atoms with Crippen LogP contribution in [0.4, 0.5) is 0 Å². The molecule has 0 fully saturated rings. The molecule has 0 aliphatic heterocycles. The van der Waals surface area contributed by atoms with Crippen molar-refractivity contribution in [2.24, 2.45) is 7.05 Å². The van der Waals surface area contributed by atoms with Crippen LogP contribution < -0.4 is 5.32 Å². The summed E-state index contributed by atoms with van der Waals surface area (Å²) in [6.45, 7) is 2.12. The number of aliphatic hydroxyl groups is 1. The van der Waals surface area contributed by atoms with Gasteiger partial charge in [0.1, 0.15) is 11.5 Å². The minimum Gasteiger partial charge on any atom is -0.384 e. The number of aliphatic hydroxyl groups excluding tert-OH is 1. The number of nitrogens with zero attached hydrogens (tertiary/aromatic N) is 2. The first-order valence-corrected chi connectivity index (χ1v) is 6.94. The van der Waals surface area contributed by atoms with Crippen molar-refractivity contribution >= 4 is 17.2 Å². The summed E-state index contributed by atoms with van der Waals surface area (Å²) in [5.74, 6) is 5.16. The smallest absolute Gasteiger partial charge is 0.262 e. The molecule has 0 spiro atoms. The molecule has 20 heavy (non-hydrogen) atoms. The van der Waals surface area contributed by atoms with Crippen LogP contribution in [0.5, 0.6) is 0 Å². The zero-order valence-corrected chi connectivity index (χ0v) is 12.1. The molecule has 0 saturated heterocycles. The predicted molar refractivity (Wildman–Crippen MR) is 77.4 cm³/mol. The van der Waals surface area contributed by atoms with Crippen molar-refractivity contribution in [2.45, 2.75) is 13.5 Å². The third-order valence-electron chi connectivity index (χ3n) is 2.73. The van der Waals surface area contributed by atoms with Crippen LogP contribution in [0.15, 0.2) is 17.6 Å². The van der Waals surface area contributed by atoms with E-state index in [0.717, 1.165) is 11.3 Å². The molecule has 5 nitrogen and oxygen atoms in total. The van der Waals surface area contributed by atoms with Gasteiger partial charge in [-0.15, -0.1) is 11.3 Å². The summed E-state index contributed by atoms with van der Waals surface area (Å²) in [7, 11) is 1.85. The highest BCUT2D eigenvalue weighted by atomic mass is 32.1. The van der Waals surface area contributed by atoms with Gasteiger partial charge in [0, 0.05) is 30.9 Å². The largest absolute Gasteiger partial charge is 0.384 e. The standard InChI is InChI=1S/C14H15N3O2S/c1-10-12(9-17(2)16-10)8-15-14(19)13-11(4-3-6-18)5-7-20-13/h5,7,9,18H,6,8H2,1-2H3,(H,15,19). The number of amides is 1. The van der Waals surface area contributed by atoms with Crippen LogP contribution in [-0.4, -0.2) is 27.4 Å². The predicted octanol–water partition coefficient (Wildman–Crippen LogP) is 1.06. The Morgan fingerprint density at radius 2 is 2.40 bits per heavy atom. The van der Waals surface area contributed by atoms with Crippen LogP contribution in [0, 0.1) is 18.8 Å². The highest BCUT2D eigenvalue weighted by molar-refractivity contribution is 7.12. The second kappa shape index (κ2) is 6.37. The lowest BCUT2D eigenvalue weighted by Gasteiger charge is -2.03. The van der Waals surface area contributed by atoms with Gasteiger partial charge in [-0.2, -0.15) is 5.10 Å². The van der Waals surface area contributed by atoms with E-state index in [-0.39, 0.29) is 12.5 Å². The number of aromatic nitrogens is 2. The molecule has 2 heterocycles. The SMILES string of the molecule is Cc1nn(C)cc1CNC(=O)c1sccc1C#CCO. The van der Waals surface area contributed by atoms with Gasteiger partial charge in [-0.3, -0.25) is 9.48 Å². The maximum Gasteiger partial charge on any atom is 0.262 e. The summed E-state index contributed by atoms with van der Waals surface area (Å²) in [4.78, 5) is 12.7. The van der Waals surface area contributed by atoms with Crippen LogP contribution in [0.25, 0.3) is 0 Å². The molecule has 0 aliphatic carbocycles. The fourth-order valence-corrected chi connectivity index (χ4v) is 2.56. The molecule has 2 rings (SSSR count). The molecular formula is C14H15N3O2S. The van der Waals surface area contributed by atoms with Gasteiger partial charge in [-0.05, 0) is 18.4 Å². The Balaban J connectivity index is 2.06. The number of hydrogen-bond acceptors (Lipinski definition) is 4. The number of rotatable bonds is 3. The van der Waals surface area contributed by atoms with E-state index in [1.54, 1.807) is 10.7 Å². The van der Waals surface area contributed by atoms with Gasteiger partial charge in [-0.25, -0.2) is 0 Å². The number of hydrogen-bond donors (Lipinski definition) is 2. The van der Waals surface area contributed by atoms with E-state index in [1.165, 1.54) is 11.3 Å². The van der Waals surface area contributed by atoms with Gasteiger partial charge in [-0.1, -0.05) is 11.8 Å². The molecule has 0 saturated carbocycles. The Hall–Kier alpha value is -2.10. The fourth-order valence-electron chi connectivity index (χ4n) is 1.80. The second-order valence-electron chi connectivity index (χ2n) is 4.22. The lowest BCUT2D eigenvalue weighted by atomic mass is 10.2. The van der Waals surface area contributed by atoms with Crippen LogP contribution in [0.3, 0.4) is 0 Å². The van der Waals surface area contributed by atoms with Crippen LogP contribution >= 0.6 is 11.3 Å². The molecule has 6 heteroatoms. The van der Waals surface area contributed by atoms with Gasteiger partial charge >= 0.3 is 0 Å². The molecule has 0 radical (unpaired) electrons. The normalized spacial score (nSPS) is 9.95. The molecule has 0 aromatic carbocycles. The Morgan fingerprint density at radius 3 is 3.05 bits per heavy atom. The molecule has 1 amide bonds. The third-order valence-corrected chi connectivity index (χ3v) is 3.64. The molecule has 2 aromatic rings. The minimum absolute atomic E-state index is 0.162. The van der Waals surface area contributed by atoms with E-state index in [4.69, 9.17) is 5.11 Å². The van der Waals surface area contributed by atoms with Gasteiger partial charge in [0.05, 0.1) is 5.69 Å². The lowest BCUT2D eigenvalue weighted by Crippen LogP contribution is -2.22. The monoisotopic (exact) mass is 289 g/mol. The van der Waals surface area contributed by atoms with E-state index in [9.17, 15) is 4.79 Å². The Morgan fingerprint density at radius 1 is 1.60 bits per heavy atom. The maximum absolute atomic E-state index is 12.1. The number of carbonyl (C=O) groups excluding carboxylic acids is 1. The quantitative estimate of drug-likeness (QED) is 0.830. The van der Waals surface area contributed by atoms with E-state index < -0.39 is 0 Å². The Kier molecular flexibility index (Phi) is 4.56. The highest BCUT2D eigenvalue weighted by Gasteiger charge is 2.12. The zero-order chi connectivity index (χ0) is 14.5. The molecule has 0 bridgehead atoms. The van der Waals surface area contributed by atoms with Crippen molar-refractivity contribution in [1.29, 1.82) is 0 Å². The second-order valence-corrected chi connectivity index (χ2v) is 5.14. The summed E-state index contributed by atoms with van der Waals surface area (Å²) in [5, 5.41) is 17.6. The van der Waals surface area contributed by atoms with Gasteiger partial charge in [0.2, 0.25) is 0 Å². The van der Waals surface area contributed by atoms with E-state index in [2.05, 4.69) is 22.3 Å². The topological polar surface area (TPSA) is 67.2 Å². The third kappa shape index (κ3) is 3.26. The first kappa shape index (κ1) is 14.3. The van der Waals surface area contributed by atoms with Crippen molar-refractivity contribution in [3.8, 4) is 11.8 Å². The average Bonchev–Trinajstić information content (AvgIpc) is 3.00. The number of carbonyl (C=O) groups is 1. The van der Waals surface area contributed by atoms with Crippen LogP contribution in [0.1, 0.15) is 26.5 Å². The minimum atomic E-state index is -0.216. The molecular weight excluding hydrogens is 274 g/mol. The summed E-state index contributed by atoms with van der Waals surface area (Å²) < 4.78 is 1.72. The fraction of sp³-hybridized carbons (Fsp3) is 0.286. The van der Waals surface area contributed by atoms with Crippen molar-refractivity contribution in [2.75, 3.05) is 6.61 Å². The summed E-state index contributed by atoms with van der Waals surface area (Å²) in [5.41, 5.74) is 2.53. The Bertz CT molecular complexity index is 676. The Labute approximate surface area is 121 Å². The average molecular weight is 289 g/mol. The van der Waals surface area contributed by atoms with Crippen molar-refractivity contribution in [1.82, 2.24) is 15.1 Å². The maximum atomic E-state index is 12.1. The molecule has 0 unspecified atom stereocenters. The first-order chi connectivity index (χ1) is 9.61. The van der Waals surface area contributed by atoms with Crippen LogP contribution in [0.2, 0.25) is 0 Å². The van der Waals surface area contributed by atoms with Gasteiger partial charge in [0.15, 0.2) is 0 Å². The lowest BCUT2D eigenvalue weighted by molar-refractivity contribution is 0.0954. The summed E-state index contributed by atoms with van der Waals surface area (Å²) in [6, 6.07) is 1.78. The number of nitrogens with one attached hydrogen (secondary N) is 1. The molecule has 2 N–H and O–H groups in total. The van der Waals surface area contributed by atoms with Crippen molar-refractivity contribution in [3.05, 3.63) is 39.3 Å². The number of aryl methyl sites for hydroxylation is 2. The number of thiophene rings is 1. The van der Waals surface area contributed by atoms with Crippen molar-refractivity contribution in [3.63, 3.8) is 0 Å². The molecule has 0 atom stereocenters. The summed E-state index contributed by atoms with van der Waals surface area (Å²) in [6.07, 6.45) is 1.89. The summed E-state index contributed by atoms with van der Waals surface area (Å²) >= 11 is 1.34. The van der Waals surface area contributed by atoms with Gasteiger partial charge < -0.3 is 10.4 Å². The van der Waals surface area contributed by atoms with Crippen LogP contribution in [-0.2, 0) is 13.6 Å². The molecule has 2 aromatic heterocycles. The molecule has 104 valence electrons. The highest BCUT2D eigenvalue weighted by Crippen LogP contribution is 2.16. The van der Waals surface area contributed by atoms with Crippen molar-refractivity contribution < 1.29 is 9.90 Å². The van der Waals surface area contributed by atoms with E-state index in [1.807, 2.05) is 25.5 Å². The van der Waals surface area contributed by atoms with E-state index in [0.29, 0.717) is 17.0 Å². The zero-order valence-electron chi connectivity index (χ0n) is 11.3. The first-order valence-electron chi connectivity index (χ1n) is 6.06.